The summed E-state index contributed by atoms with van der Waals surface area (Å²) in [7, 11) is -3.76. The van der Waals surface area contributed by atoms with E-state index in [1.165, 1.54) is 12.8 Å². The van der Waals surface area contributed by atoms with Gasteiger partial charge in [-0.1, -0.05) is 33.6 Å². The first-order valence-electron chi connectivity index (χ1n) is 7.17. The highest BCUT2D eigenvalue weighted by atomic mass is 32.2. The maximum absolute atomic E-state index is 10.6. The van der Waals surface area contributed by atoms with E-state index in [-0.39, 0.29) is 5.75 Å². The Kier molecular flexibility index (Phi) is 3.81. The van der Waals surface area contributed by atoms with Gasteiger partial charge < -0.3 is 0 Å². The minimum atomic E-state index is -3.76. The van der Waals surface area contributed by atoms with Gasteiger partial charge in [-0.05, 0) is 48.3 Å². The van der Waals surface area contributed by atoms with Crippen molar-refractivity contribution in [2.45, 2.75) is 52.9 Å². The number of hydrogen-bond acceptors (Lipinski definition) is 2. The van der Waals surface area contributed by atoms with Crippen molar-refractivity contribution in [2.24, 2.45) is 29.1 Å². The van der Waals surface area contributed by atoms with Crippen LogP contribution in [0.5, 0.6) is 0 Å². The molecule has 2 bridgehead atoms. The average Bonchev–Trinajstić information content (AvgIpc) is 2.24. The second-order valence-electron chi connectivity index (χ2n) is 7.00. The Bertz CT molecular complexity index is 399. The minimum absolute atomic E-state index is 0.0769. The molecule has 3 saturated carbocycles. The standard InChI is InChI=1S/C14H26O3S/c1-10-11(6-4-5-7-18(15,16)17)8-12-9-13(10)14(12,2)3/h10-13H,4-9H2,1-3H3,(H,15,16,17)/t10-,11+,12+,13+/m0/s1. The Morgan fingerprint density at radius 1 is 1.22 bits per heavy atom. The highest BCUT2D eigenvalue weighted by Crippen LogP contribution is 2.63. The van der Waals surface area contributed by atoms with Crippen LogP contribution in [0.25, 0.3) is 0 Å². The Morgan fingerprint density at radius 2 is 1.89 bits per heavy atom. The van der Waals surface area contributed by atoms with E-state index in [0.717, 1.165) is 36.5 Å². The fourth-order valence-electron chi connectivity index (χ4n) is 4.33. The zero-order valence-electron chi connectivity index (χ0n) is 11.7. The Labute approximate surface area is 111 Å². The highest BCUT2D eigenvalue weighted by molar-refractivity contribution is 7.85. The van der Waals surface area contributed by atoms with E-state index in [0.29, 0.717) is 11.8 Å². The summed E-state index contributed by atoms with van der Waals surface area (Å²) < 4.78 is 30.0. The van der Waals surface area contributed by atoms with E-state index >= 15 is 0 Å². The summed E-state index contributed by atoms with van der Waals surface area (Å²) in [6.07, 6.45) is 5.36. The smallest absolute Gasteiger partial charge is 0.264 e. The van der Waals surface area contributed by atoms with Crippen LogP contribution in [0, 0.1) is 29.1 Å². The van der Waals surface area contributed by atoms with Crippen molar-refractivity contribution in [1.29, 1.82) is 0 Å². The molecule has 0 saturated heterocycles. The van der Waals surface area contributed by atoms with Gasteiger partial charge in [0.25, 0.3) is 10.1 Å². The fraction of sp³-hybridized carbons (Fsp3) is 1.00. The molecule has 4 heteroatoms. The van der Waals surface area contributed by atoms with Gasteiger partial charge in [0, 0.05) is 0 Å². The molecule has 0 amide bonds. The molecule has 18 heavy (non-hydrogen) atoms. The van der Waals surface area contributed by atoms with Crippen LogP contribution in [-0.2, 0) is 10.1 Å². The fourth-order valence-corrected chi connectivity index (χ4v) is 4.90. The molecular weight excluding hydrogens is 248 g/mol. The summed E-state index contributed by atoms with van der Waals surface area (Å²) in [6.45, 7) is 7.17. The monoisotopic (exact) mass is 274 g/mol. The quantitative estimate of drug-likeness (QED) is 0.618. The first-order valence-corrected chi connectivity index (χ1v) is 8.78. The lowest BCUT2D eigenvalue weighted by Gasteiger charge is -2.62. The molecule has 0 radical (unpaired) electrons. The highest BCUT2D eigenvalue weighted by Gasteiger charge is 2.55. The van der Waals surface area contributed by atoms with E-state index < -0.39 is 10.1 Å². The number of unbranched alkanes of at least 4 members (excludes halogenated alkanes) is 1. The molecule has 3 rings (SSSR count). The summed E-state index contributed by atoms with van der Waals surface area (Å²) in [5.74, 6) is 3.21. The predicted octanol–water partition coefficient (Wildman–Crippen LogP) is 3.36. The molecule has 0 unspecified atom stereocenters. The van der Waals surface area contributed by atoms with Gasteiger partial charge in [0.2, 0.25) is 0 Å². The van der Waals surface area contributed by atoms with Gasteiger partial charge >= 0.3 is 0 Å². The molecule has 3 fully saturated rings. The number of fused-ring (bicyclic) bond motifs is 2. The lowest BCUT2D eigenvalue weighted by molar-refractivity contribution is -0.130. The minimum Gasteiger partial charge on any atom is -0.286 e. The van der Waals surface area contributed by atoms with Crippen molar-refractivity contribution in [2.75, 3.05) is 5.75 Å². The molecule has 3 aliphatic rings. The molecule has 0 aromatic carbocycles. The second kappa shape index (κ2) is 4.78. The predicted molar refractivity (Wildman–Crippen MR) is 72.9 cm³/mol. The van der Waals surface area contributed by atoms with Crippen LogP contribution in [0.2, 0.25) is 0 Å². The van der Waals surface area contributed by atoms with Crippen molar-refractivity contribution in [3.8, 4) is 0 Å². The maximum atomic E-state index is 10.6. The maximum Gasteiger partial charge on any atom is 0.264 e. The third kappa shape index (κ3) is 2.74. The van der Waals surface area contributed by atoms with Crippen LogP contribution in [0.1, 0.15) is 52.9 Å². The molecule has 106 valence electrons. The lowest BCUT2D eigenvalue weighted by atomic mass is 9.43. The summed E-state index contributed by atoms with van der Waals surface area (Å²) in [6, 6.07) is 0. The molecule has 0 aliphatic heterocycles. The van der Waals surface area contributed by atoms with E-state index in [2.05, 4.69) is 20.8 Å². The molecule has 0 aromatic heterocycles. The zero-order valence-corrected chi connectivity index (χ0v) is 12.5. The van der Waals surface area contributed by atoms with Crippen molar-refractivity contribution in [1.82, 2.24) is 0 Å². The van der Waals surface area contributed by atoms with Gasteiger partial charge in [-0.3, -0.25) is 4.55 Å². The topological polar surface area (TPSA) is 54.4 Å². The zero-order chi connectivity index (χ0) is 13.6. The Morgan fingerprint density at radius 3 is 2.39 bits per heavy atom. The van der Waals surface area contributed by atoms with E-state index in [4.69, 9.17) is 4.55 Å². The summed E-state index contributed by atoms with van der Waals surface area (Å²) in [5, 5.41) is 0. The summed E-state index contributed by atoms with van der Waals surface area (Å²) in [4.78, 5) is 0. The van der Waals surface area contributed by atoms with E-state index in [1.54, 1.807) is 0 Å². The van der Waals surface area contributed by atoms with Crippen LogP contribution in [0.3, 0.4) is 0 Å². The van der Waals surface area contributed by atoms with Gasteiger partial charge in [0.05, 0.1) is 5.75 Å². The molecule has 3 nitrogen and oxygen atoms in total. The summed E-state index contributed by atoms with van der Waals surface area (Å²) >= 11 is 0. The first-order chi connectivity index (χ1) is 8.22. The van der Waals surface area contributed by atoms with Gasteiger partial charge in [0.1, 0.15) is 0 Å². The van der Waals surface area contributed by atoms with Crippen LogP contribution < -0.4 is 0 Å². The first kappa shape index (κ1) is 14.3. The van der Waals surface area contributed by atoms with Crippen molar-refractivity contribution in [3.63, 3.8) is 0 Å². The molecule has 0 aromatic rings. The molecule has 3 aliphatic carbocycles. The van der Waals surface area contributed by atoms with Crippen LogP contribution in [0.15, 0.2) is 0 Å². The largest absolute Gasteiger partial charge is 0.286 e. The third-order valence-corrected chi connectivity index (χ3v) is 6.54. The molecule has 0 spiro atoms. The molecule has 0 heterocycles. The second-order valence-corrected chi connectivity index (χ2v) is 8.57. The summed E-state index contributed by atoms with van der Waals surface area (Å²) in [5.41, 5.74) is 0.532. The van der Waals surface area contributed by atoms with Crippen LogP contribution >= 0.6 is 0 Å². The SMILES string of the molecule is C[C@H]1[C@H](CCCCS(=O)(=O)O)C[C@@H]2C[C@H]1C2(C)C. The Hall–Kier alpha value is -0.0900. The van der Waals surface area contributed by atoms with Crippen LogP contribution in [-0.4, -0.2) is 18.7 Å². The van der Waals surface area contributed by atoms with Gasteiger partial charge in [-0.15, -0.1) is 0 Å². The van der Waals surface area contributed by atoms with Crippen molar-refractivity contribution < 1.29 is 13.0 Å². The van der Waals surface area contributed by atoms with E-state index in [9.17, 15) is 8.42 Å². The van der Waals surface area contributed by atoms with Gasteiger partial charge in [-0.25, -0.2) is 0 Å². The van der Waals surface area contributed by atoms with Gasteiger partial charge in [-0.2, -0.15) is 8.42 Å². The van der Waals surface area contributed by atoms with Crippen molar-refractivity contribution in [3.05, 3.63) is 0 Å². The van der Waals surface area contributed by atoms with Gasteiger partial charge in [0.15, 0.2) is 0 Å². The molecule has 1 N–H and O–H groups in total. The molecule has 4 atom stereocenters. The number of rotatable bonds is 5. The normalized spacial score (nSPS) is 38.2. The van der Waals surface area contributed by atoms with Crippen LogP contribution in [0.4, 0.5) is 0 Å². The third-order valence-electron chi connectivity index (χ3n) is 5.74. The Balaban J connectivity index is 1.76. The number of hydrogen-bond donors (Lipinski definition) is 1. The van der Waals surface area contributed by atoms with Crippen molar-refractivity contribution >= 4 is 10.1 Å². The van der Waals surface area contributed by atoms with E-state index in [1.807, 2.05) is 0 Å². The average molecular weight is 274 g/mol. The lowest BCUT2D eigenvalue weighted by Crippen LogP contribution is -2.54. The molecular formula is C14H26O3S.